The highest BCUT2D eigenvalue weighted by Crippen LogP contribution is 2.26. The van der Waals surface area contributed by atoms with Crippen LogP contribution in [0.5, 0.6) is 0 Å². The van der Waals surface area contributed by atoms with Crippen LogP contribution in [-0.4, -0.2) is 17.6 Å². The fraction of sp³-hybridized carbons (Fsp3) is 0.250. The molecule has 102 valence electrons. The number of aromatic nitrogens is 1. The van der Waals surface area contributed by atoms with Gasteiger partial charge < -0.3 is 5.32 Å². The SMILES string of the molecule is O=C(Nc1cccnc1)N1CCCCc2ccccc21. The van der Waals surface area contributed by atoms with Crippen molar-refractivity contribution < 1.29 is 4.79 Å². The molecule has 1 aliphatic rings. The lowest BCUT2D eigenvalue weighted by Gasteiger charge is -2.23. The molecule has 0 saturated carbocycles. The minimum absolute atomic E-state index is 0.0904. The number of para-hydroxylation sites is 1. The van der Waals surface area contributed by atoms with Crippen LogP contribution in [0.4, 0.5) is 16.2 Å². The second kappa shape index (κ2) is 5.74. The van der Waals surface area contributed by atoms with E-state index in [4.69, 9.17) is 0 Å². The number of carbonyl (C=O) groups excluding carboxylic acids is 1. The van der Waals surface area contributed by atoms with E-state index in [-0.39, 0.29) is 6.03 Å². The molecule has 0 saturated heterocycles. The number of urea groups is 1. The van der Waals surface area contributed by atoms with E-state index in [1.54, 1.807) is 12.4 Å². The van der Waals surface area contributed by atoms with Crippen LogP contribution >= 0.6 is 0 Å². The van der Waals surface area contributed by atoms with Crippen molar-refractivity contribution in [1.29, 1.82) is 0 Å². The monoisotopic (exact) mass is 267 g/mol. The summed E-state index contributed by atoms with van der Waals surface area (Å²) in [5.41, 5.74) is 2.98. The first-order valence-electron chi connectivity index (χ1n) is 6.91. The first-order valence-corrected chi connectivity index (χ1v) is 6.91. The van der Waals surface area contributed by atoms with Crippen LogP contribution < -0.4 is 10.2 Å². The van der Waals surface area contributed by atoms with Gasteiger partial charge in [0, 0.05) is 18.4 Å². The van der Waals surface area contributed by atoms with E-state index in [0.29, 0.717) is 0 Å². The molecular formula is C16H17N3O. The van der Waals surface area contributed by atoms with Gasteiger partial charge >= 0.3 is 6.03 Å². The van der Waals surface area contributed by atoms with Crippen LogP contribution in [0.15, 0.2) is 48.8 Å². The van der Waals surface area contributed by atoms with Gasteiger partial charge in [-0.15, -0.1) is 0 Å². The quantitative estimate of drug-likeness (QED) is 0.860. The number of anilines is 2. The van der Waals surface area contributed by atoms with Crippen molar-refractivity contribution in [2.75, 3.05) is 16.8 Å². The molecule has 0 spiro atoms. The molecule has 3 rings (SSSR count). The van der Waals surface area contributed by atoms with Crippen molar-refractivity contribution in [1.82, 2.24) is 4.98 Å². The van der Waals surface area contributed by atoms with Crippen LogP contribution in [0.25, 0.3) is 0 Å². The molecule has 0 atom stereocenters. The van der Waals surface area contributed by atoms with Crippen molar-refractivity contribution in [2.24, 2.45) is 0 Å². The molecule has 1 N–H and O–H groups in total. The summed E-state index contributed by atoms with van der Waals surface area (Å²) in [7, 11) is 0. The third-order valence-electron chi connectivity index (χ3n) is 3.52. The second-order valence-corrected chi connectivity index (χ2v) is 4.91. The van der Waals surface area contributed by atoms with Crippen molar-refractivity contribution >= 4 is 17.4 Å². The Bertz CT molecular complexity index is 598. The second-order valence-electron chi connectivity index (χ2n) is 4.91. The Labute approximate surface area is 118 Å². The van der Waals surface area contributed by atoms with Gasteiger partial charge in [-0.3, -0.25) is 9.88 Å². The highest BCUT2D eigenvalue weighted by molar-refractivity contribution is 6.02. The maximum absolute atomic E-state index is 12.5. The van der Waals surface area contributed by atoms with Gasteiger partial charge in [-0.1, -0.05) is 18.2 Å². The molecule has 0 bridgehead atoms. The van der Waals surface area contributed by atoms with E-state index >= 15 is 0 Å². The molecule has 0 fully saturated rings. The fourth-order valence-electron chi connectivity index (χ4n) is 2.53. The van der Waals surface area contributed by atoms with E-state index < -0.39 is 0 Å². The number of nitrogens with zero attached hydrogens (tertiary/aromatic N) is 2. The van der Waals surface area contributed by atoms with Gasteiger partial charge in [-0.05, 0) is 43.0 Å². The van der Waals surface area contributed by atoms with E-state index in [2.05, 4.69) is 16.4 Å². The average Bonchev–Trinajstić information content (AvgIpc) is 2.70. The molecule has 1 aromatic heterocycles. The van der Waals surface area contributed by atoms with Gasteiger partial charge in [0.15, 0.2) is 0 Å². The summed E-state index contributed by atoms with van der Waals surface area (Å²) in [5, 5.41) is 2.90. The number of amides is 2. The van der Waals surface area contributed by atoms with Crippen molar-refractivity contribution in [3.05, 3.63) is 54.4 Å². The first-order chi connectivity index (χ1) is 9.84. The Balaban J connectivity index is 1.84. The van der Waals surface area contributed by atoms with Crippen LogP contribution in [0.3, 0.4) is 0 Å². The number of fused-ring (bicyclic) bond motifs is 1. The number of benzene rings is 1. The van der Waals surface area contributed by atoms with Gasteiger partial charge in [-0.2, -0.15) is 0 Å². The van der Waals surface area contributed by atoms with Crippen LogP contribution in [-0.2, 0) is 6.42 Å². The van der Waals surface area contributed by atoms with Gasteiger partial charge in [-0.25, -0.2) is 4.79 Å². The molecule has 0 aliphatic carbocycles. The molecule has 1 aromatic carbocycles. The number of carbonyl (C=O) groups is 1. The van der Waals surface area contributed by atoms with Gasteiger partial charge in [0.2, 0.25) is 0 Å². The largest absolute Gasteiger partial charge is 0.326 e. The number of nitrogens with one attached hydrogen (secondary N) is 1. The summed E-state index contributed by atoms with van der Waals surface area (Å²) in [5.74, 6) is 0. The maximum atomic E-state index is 12.5. The lowest BCUT2D eigenvalue weighted by atomic mass is 10.1. The van der Waals surface area contributed by atoms with Crippen LogP contribution in [0.2, 0.25) is 0 Å². The van der Waals surface area contributed by atoms with Gasteiger partial charge in [0.05, 0.1) is 11.9 Å². The van der Waals surface area contributed by atoms with Crippen molar-refractivity contribution in [3.8, 4) is 0 Å². The zero-order valence-corrected chi connectivity index (χ0v) is 11.2. The minimum Gasteiger partial charge on any atom is -0.306 e. The normalized spacial score (nSPS) is 14.3. The molecule has 4 nitrogen and oxygen atoms in total. The molecule has 2 heterocycles. The number of hydrogen-bond acceptors (Lipinski definition) is 2. The molecule has 1 aliphatic heterocycles. The van der Waals surface area contributed by atoms with Crippen molar-refractivity contribution in [2.45, 2.75) is 19.3 Å². The smallest absolute Gasteiger partial charge is 0.306 e. The summed E-state index contributed by atoms with van der Waals surface area (Å²) in [4.78, 5) is 18.3. The standard InChI is InChI=1S/C16H17N3O/c20-16(18-14-8-5-10-17-12-14)19-11-4-3-7-13-6-1-2-9-15(13)19/h1-2,5-6,8-10,12H,3-4,7,11H2,(H,18,20). The lowest BCUT2D eigenvalue weighted by Crippen LogP contribution is -2.35. The van der Waals surface area contributed by atoms with Crippen LogP contribution in [0.1, 0.15) is 18.4 Å². The molecular weight excluding hydrogens is 250 g/mol. The zero-order valence-electron chi connectivity index (χ0n) is 11.2. The van der Waals surface area contributed by atoms with Gasteiger partial charge in [0.1, 0.15) is 0 Å². The topological polar surface area (TPSA) is 45.2 Å². The highest BCUT2D eigenvalue weighted by atomic mass is 16.2. The summed E-state index contributed by atoms with van der Waals surface area (Å²) in [6, 6.07) is 11.7. The molecule has 0 unspecified atom stereocenters. The van der Waals surface area contributed by atoms with Gasteiger partial charge in [0.25, 0.3) is 0 Å². The number of aryl methyl sites for hydroxylation is 1. The Morgan fingerprint density at radius 2 is 2.05 bits per heavy atom. The fourth-order valence-corrected chi connectivity index (χ4v) is 2.53. The predicted octanol–water partition coefficient (Wildman–Crippen LogP) is 3.46. The summed E-state index contributed by atoms with van der Waals surface area (Å²) >= 11 is 0. The predicted molar refractivity (Wildman–Crippen MR) is 80.0 cm³/mol. The van der Waals surface area contributed by atoms with Crippen molar-refractivity contribution in [3.63, 3.8) is 0 Å². The highest BCUT2D eigenvalue weighted by Gasteiger charge is 2.20. The molecule has 20 heavy (non-hydrogen) atoms. The molecule has 2 aromatic rings. The Morgan fingerprint density at radius 3 is 2.90 bits per heavy atom. The molecule has 4 heteroatoms. The third-order valence-corrected chi connectivity index (χ3v) is 3.52. The Morgan fingerprint density at radius 1 is 1.15 bits per heavy atom. The zero-order chi connectivity index (χ0) is 13.8. The summed E-state index contributed by atoms with van der Waals surface area (Å²) in [6.07, 6.45) is 6.52. The van der Waals surface area contributed by atoms with E-state index in [1.807, 2.05) is 35.2 Å². The summed E-state index contributed by atoms with van der Waals surface area (Å²) < 4.78 is 0. The van der Waals surface area contributed by atoms with E-state index in [9.17, 15) is 4.79 Å². The number of hydrogen-bond donors (Lipinski definition) is 1. The Kier molecular flexibility index (Phi) is 3.63. The van der Waals surface area contributed by atoms with Crippen LogP contribution in [0, 0.1) is 0 Å². The molecule has 0 radical (unpaired) electrons. The van der Waals surface area contributed by atoms with E-state index in [1.165, 1.54) is 5.56 Å². The molecule has 2 amide bonds. The summed E-state index contributed by atoms with van der Waals surface area (Å²) in [6.45, 7) is 0.753. The average molecular weight is 267 g/mol. The third kappa shape index (κ3) is 2.64. The van der Waals surface area contributed by atoms with E-state index in [0.717, 1.165) is 37.2 Å². The Hall–Kier alpha value is -2.36. The number of rotatable bonds is 1. The minimum atomic E-state index is -0.0904. The number of pyridine rings is 1. The first kappa shape index (κ1) is 12.7. The lowest BCUT2D eigenvalue weighted by molar-refractivity contribution is 0.257. The maximum Gasteiger partial charge on any atom is 0.326 e.